The Bertz CT molecular complexity index is 264. The summed E-state index contributed by atoms with van der Waals surface area (Å²) in [4.78, 5) is 22.4. The molecule has 2 amide bonds. The second-order valence-corrected chi connectivity index (χ2v) is 4.08. The van der Waals surface area contributed by atoms with E-state index in [1.807, 2.05) is 7.05 Å². The van der Waals surface area contributed by atoms with Crippen LogP contribution in [-0.2, 0) is 4.79 Å². The van der Waals surface area contributed by atoms with Gasteiger partial charge in [-0.1, -0.05) is 0 Å². The predicted octanol–water partition coefficient (Wildman–Crippen LogP) is -0.0976. The van der Waals surface area contributed by atoms with Gasteiger partial charge in [-0.15, -0.1) is 0 Å². The molecule has 1 saturated carbocycles. The van der Waals surface area contributed by atoms with Crippen molar-refractivity contribution in [1.82, 2.24) is 16.0 Å². The topological polar surface area (TPSA) is 90.5 Å². The number of carbonyl (C=O) groups excluding carboxylic acids is 1. The van der Waals surface area contributed by atoms with E-state index in [1.165, 1.54) is 0 Å². The normalized spacial score (nSPS) is 17.3. The van der Waals surface area contributed by atoms with Gasteiger partial charge in [0, 0.05) is 6.54 Å². The Kier molecular flexibility index (Phi) is 4.54. The molecule has 0 unspecified atom stereocenters. The SMILES string of the molecule is CNCCCNC(=O)NC1(C(=O)O)CCC1. The van der Waals surface area contributed by atoms with Crippen LogP contribution in [0.4, 0.5) is 4.79 Å². The molecule has 92 valence electrons. The van der Waals surface area contributed by atoms with Crippen molar-refractivity contribution >= 4 is 12.0 Å². The number of rotatable bonds is 6. The van der Waals surface area contributed by atoms with Gasteiger partial charge in [-0.3, -0.25) is 0 Å². The number of carboxylic acids is 1. The Balaban J connectivity index is 2.25. The Morgan fingerprint density at radius 1 is 1.31 bits per heavy atom. The third-order valence-corrected chi connectivity index (χ3v) is 2.86. The summed E-state index contributed by atoms with van der Waals surface area (Å²) in [6.07, 6.45) is 2.72. The highest BCUT2D eigenvalue weighted by atomic mass is 16.4. The second kappa shape index (κ2) is 5.69. The molecule has 0 atom stereocenters. The van der Waals surface area contributed by atoms with E-state index in [0.29, 0.717) is 19.4 Å². The van der Waals surface area contributed by atoms with Crippen LogP contribution in [0.2, 0.25) is 0 Å². The first-order chi connectivity index (χ1) is 7.60. The highest BCUT2D eigenvalue weighted by molar-refractivity contribution is 5.87. The molecule has 0 aliphatic heterocycles. The zero-order chi connectivity index (χ0) is 12.0. The van der Waals surface area contributed by atoms with E-state index in [9.17, 15) is 9.59 Å². The quantitative estimate of drug-likeness (QED) is 0.479. The minimum atomic E-state index is -1.02. The van der Waals surface area contributed by atoms with Crippen LogP contribution in [0.25, 0.3) is 0 Å². The van der Waals surface area contributed by atoms with Crippen molar-refractivity contribution in [3.63, 3.8) is 0 Å². The Labute approximate surface area is 94.8 Å². The van der Waals surface area contributed by atoms with Crippen LogP contribution in [0.5, 0.6) is 0 Å². The van der Waals surface area contributed by atoms with Gasteiger partial charge in [0.2, 0.25) is 0 Å². The molecular weight excluding hydrogens is 210 g/mol. The smallest absolute Gasteiger partial charge is 0.329 e. The summed E-state index contributed by atoms with van der Waals surface area (Å²) >= 11 is 0. The van der Waals surface area contributed by atoms with Crippen LogP contribution in [0.15, 0.2) is 0 Å². The molecule has 0 aromatic rings. The highest BCUT2D eigenvalue weighted by Gasteiger charge is 2.45. The highest BCUT2D eigenvalue weighted by Crippen LogP contribution is 2.31. The van der Waals surface area contributed by atoms with Crippen LogP contribution in [0, 0.1) is 0 Å². The maximum Gasteiger partial charge on any atom is 0.329 e. The van der Waals surface area contributed by atoms with Gasteiger partial charge >= 0.3 is 12.0 Å². The minimum Gasteiger partial charge on any atom is -0.480 e. The fraction of sp³-hybridized carbons (Fsp3) is 0.800. The number of hydrogen-bond donors (Lipinski definition) is 4. The predicted molar refractivity (Wildman–Crippen MR) is 59.3 cm³/mol. The van der Waals surface area contributed by atoms with E-state index in [0.717, 1.165) is 19.4 Å². The van der Waals surface area contributed by atoms with E-state index in [1.54, 1.807) is 0 Å². The maximum atomic E-state index is 11.4. The van der Waals surface area contributed by atoms with Crippen LogP contribution in [0.3, 0.4) is 0 Å². The molecule has 0 aromatic heterocycles. The third-order valence-electron chi connectivity index (χ3n) is 2.86. The first kappa shape index (κ1) is 12.8. The molecule has 1 rings (SSSR count). The standard InChI is InChI=1S/C10H19N3O3/c1-11-6-3-7-12-9(16)13-10(8(14)15)4-2-5-10/h11H,2-7H2,1H3,(H,14,15)(H2,12,13,16). The van der Waals surface area contributed by atoms with Crippen molar-refractivity contribution in [2.24, 2.45) is 0 Å². The molecule has 1 fully saturated rings. The van der Waals surface area contributed by atoms with Crippen molar-refractivity contribution in [3.05, 3.63) is 0 Å². The lowest BCUT2D eigenvalue weighted by molar-refractivity contribution is -0.148. The van der Waals surface area contributed by atoms with Crippen molar-refractivity contribution in [2.75, 3.05) is 20.1 Å². The lowest BCUT2D eigenvalue weighted by Crippen LogP contribution is -2.61. The monoisotopic (exact) mass is 229 g/mol. The molecule has 0 heterocycles. The van der Waals surface area contributed by atoms with Gasteiger partial charge in [-0.2, -0.15) is 0 Å². The van der Waals surface area contributed by atoms with Crippen LogP contribution < -0.4 is 16.0 Å². The van der Waals surface area contributed by atoms with Gasteiger partial charge < -0.3 is 21.1 Å². The molecule has 0 bridgehead atoms. The van der Waals surface area contributed by atoms with Gasteiger partial charge in [0.05, 0.1) is 0 Å². The largest absolute Gasteiger partial charge is 0.480 e. The van der Waals surface area contributed by atoms with Gasteiger partial charge in [0.15, 0.2) is 0 Å². The number of carboxylic acid groups (broad SMARTS) is 1. The number of urea groups is 1. The second-order valence-electron chi connectivity index (χ2n) is 4.08. The number of aliphatic carboxylic acids is 1. The van der Waals surface area contributed by atoms with Gasteiger partial charge in [0.1, 0.15) is 5.54 Å². The molecule has 16 heavy (non-hydrogen) atoms. The molecule has 4 N–H and O–H groups in total. The molecule has 0 spiro atoms. The molecule has 0 radical (unpaired) electrons. The van der Waals surface area contributed by atoms with Crippen LogP contribution >= 0.6 is 0 Å². The molecule has 0 saturated heterocycles. The summed E-state index contributed by atoms with van der Waals surface area (Å²) in [5.74, 6) is -0.941. The first-order valence-electron chi connectivity index (χ1n) is 5.55. The van der Waals surface area contributed by atoms with E-state index in [4.69, 9.17) is 5.11 Å². The Morgan fingerprint density at radius 2 is 2.00 bits per heavy atom. The lowest BCUT2D eigenvalue weighted by atomic mass is 9.77. The molecule has 6 nitrogen and oxygen atoms in total. The average Bonchev–Trinajstić information content (AvgIpc) is 2.18. The Hall–Kier alpha value is -1.30. The molecule has 1 aliphatic carbocycles. The maximum absolute atomic E-state index is 11.4. The summed E-state index contributed by atoms with van der Waals surface area (Å²) < 4.78 is 0. The number of amides is 2. The van der Waals surface area contributed by atoms with Crippen LogP contribution in [-0.4, -0.2) is 42.8 Å². The van der Waals surface area contributed by atoms with E-state index in [-0.39, 0.29) is 0 Å². The number of hydrogen-bond acceptors (Lipinski definition) is 3. The van der Waals surface area contributed by atoms with E-state index in [2.05, 4.69) is 16.0 Å². The fourth-order valence-corrected chi connectivity index (χ4v) is 1.65. The fourth-order valence-electron chi connectivity index (χ4n) is 1.65. The summed E-state index contributed by atoms with van der Waals surface area (Å²) in [5.41, 5.74) is -1.02. The summed E-state index contributed by atoms with van der Waals surface area (Å²) in [7, 11) is 1.84. The minimum absolute atomic E-state index is 0.391. The van der Waals surface area contributed by atoms with Crippen molar-refractivity contribution in [3.8, 4) is 0 Å². The van der Waals surface area contributed by atoms with Gasteiger partial charge in [-0.25, -0.2) is 9.59 Å². The van der Waals surface area contributed by atoms with Crippen molar-refractivity contribution in [2.45, 2.75) is 31.2 Å². The van der Waals surface area contributed by atoms with Gasteiger partial charge in [0.25, 0.3) is 0 Å². The zero-order valence-electron chi connectivity index (χ0n) is 9.51. The first-order valence-corrected chi connectivity index (χ1v) is 5.55. The molecule has 1 aliphatic rings. The van der Waals surface area contributed by atoms with Crippen molar-refractivity contribution in [1.29, 1.82) is 0 Å². The summed E-state index contributed by atoms with van der Waals surface area (Å²) in [5, 5.41) is 17.1. The summed E-state index contributed by atoms with van der Waals surface area (Å²) in [6, 6.07) is -0.391. The molecule has 6 heteroatoms. The molecule has 0 aromatic carbocycles. The lowest BCUT2D eigenvalue weighted by Gasteiger charge is -2.38. The Morgan fingerprint density at radius 3 is 2.44 bits per heavy atom. The summed E-state index contributed by atoms with van der Waals surface area (Å²) in [6.45, 7) is 1.37. The zero-order valence-corrected chi connectivity index (χ0v) is 9.51. The van der Waals surface area contributed by atoms with Crippen LogP contribution in [0.1, 0.15) is 25.7 Å². The van der Waals surface area contributed by atoms with E-state index < -0.39 is 17.5 Å². The van der Waals surface area contributed by atoms with Crippen molar-refractivity contribution < 1.29 is 14.7 Å². The van der Waals surface area contributed by atoms with Gasteiger partial charge in [-0.05, 0) is 39.3 Å². The molecular formula is C10H19N3O3. The number of nitrogens with one attached hydrogen (secondary N) is 3. The average molecular weight is 229 g/mol. The third kappa shape index (κ3) is 3.10. The number of carbonyl (C=O) groups is 2. The van der Waals surface area contributed by atoms with E-state index >= 15 is 0 Å².